The van der Waals surface area contributed by atoms with Crippen LogP contribution in [-0.4, -0.2) is 42.6 Å². The van der Waals surface area contributed by atoms with Gasteiger partial charge < -0.3 is 9.64 Å². The predicted octanol–water partition coefficient (Wildman–Crippen LogP) is 2.02. The minimum Gasteiger partial charge on any atom is -0.378 e. The standard InChI is InChI=1S/C15H17FN2O3/c1-2-7-17-13-9-21-8-12(13)14(19)18(15(17)20)11-5-3-10(16)4-6-11/h3-6,12-13H,2,7-9H2,1H3. The van der Waals surface area contributed by atoms with Crippen LogP contribution in [0.1, 0.15) is 13.3 Å². The van der Waals surface area contributed by atoms with Crippen molar-refractivity contribution in [2.45, 2.75) is 19.4 Å². The van der Waals surface area contributed by atoms with Crippen molar-refractivity contribution in [2.24, 2.45) is 5.92 Å². The lowest BCUT2D eigenvalue weighted by molar-refractivity contribution is -0.124. The van der Waals surface area contributed by atoms with Crippen LogP contribution in [0.25, 0.3) is 0 Å². The van der Waals surface area contributed by atoms with Crippen molar-refractivity contribution in [3.63, 3.8) is 0 Å². The van der Waals surface area contributed by atoms with Crippen molar-refractivity contribution in [3.05, 3.63) is 30.1 Å². The molecule has 0 saturated carbocycles. The molecule has 0 aliphatic carbocycles. The van der Waals surface area contributed by atoms with E-state index < -0.39 is 5.82 Å². The zero-order valence-corrected chi connectivity index (χ0v) is 11.8. The van der Waals surface area contributed by atoms with Gasteiger partial charge in [0, 0.05) is 6.54 Å². The summed E-state index contributed by atoms with van der Waals surface area (Å²) in [4.78, 5) is 28.0. The molecule has 1 aromatic carbocycles. The number of hydrogen-bond donors (Lipinski definition) is 0. The van der Waals surface area contributed by atoms with Gasteiger partial charge in [-0.25, -0.2) is 14.1 Å². The average molecular weight is 292 g/mol. The van der Waals surface area contributed by atoms with Gasteiger partial charge in [0.2, 0.25) is 5.91 Å². The third kappa shape index (κ3) is 2.29. The van der Waals surface area contributed by atoms with Crippen molar-refractivity contribution in [1.82, 2.24) is 4.90 Å². The highest BCUT2D eigenvalue weighted by Crippen LogP contribution is 2.31. The Morgan fingerprint density at radius 3 is 2.62 bits per heavy atom. The van der Waals surface area contributed by atoms with E-state index in [1.54, 1.807) is 4.90 Å². The maximum Gasteiger partial charge on any atom is 0.331 e. The summed E-state index contributed by atoms with van der Waals surface area (Å²) in [7, 11) is 0. The third-order valence-corrected chi connectivity index (χ3v) is 3.97. The molecule has 2 fully saturated rings. The van der Waals surface area contributed by atoms with Crippen molar-refractivity contribution in [1.29, 1.82) is 0 Å². The van der Waals surface area contributed by atoms with Crippen LogP contribution in [-0.2, 0) is 9.53 Å². The van der Waals surface area contributed by atoms with Gasteiger partial charge in [0.1, 0.15) is 5.82 Å². The summed E-state index contributed by atoms with van der Waals surface area (Å²) >= 11 is 0. The zero-order chi connectivity index (χ0) is 15.0. The molecule has 2 unspecified atom stereocenters. The maximum atomic E-state index is 13.0. The summed E-state index contributed by atoms with van der Waals surface area (Å²) in [5.41, 5.74) is 0.401. The summed E-state index contributed by atoms with van der Waals surface area (Å²) < 4.78 is 18.4. The molecule has 0 spiro atoms. The van der Waals surface area contributed by atoms with E-state index in [0.717, 1.165) is 11.3 Å². The lowest BCUT2D eigenvalue weighted by Crippen LogP contribution is -2.61. The van der Waals surface area contributed by atoms with Crippen LogP contribution in [0.3, 0.4) is 0 Å². The number of halogens is 1. The van der Waals surface area contributed by atoms with Gasteiger partial charge in [-0.15, -0.1) is 0 Å². The fraction of sp³-hybridized carbons (Fsp3) is 0.467. The Hall–Kier alpha value is -1.95. The monoisotopic (exact) mass is 292 g/mol. The third-order valence-electron chi connectivity index (χ3n) is 3.97. The first kappa shape index (κ1) is 14.0. The second-order valence-electron chi connectivity index (χ2n) is 5.34. The number of urea groups is 1. The molecule has 6 heteroatoms. The van der Waals surface area contributed by atoms with Crippen molar-refractivity contribution >= 4 is 17.6 Å². The van der Waals surface area contributed by atoms with E-state index in [0.29, 0.717) is 25.4 Å². The summed E-state index contributed by atoms with van der Waals surface area (Å²) in [5, 5.41) is 0. The molecule has 3 amide bonds. The summed E-state index contributed by atoms with van der Waals surface area (Å²) in [6.45, 7) is 3.29. The molecular formula is C15H17FN2O3. The Morgan fingerprint density at radius 2 is 1.95 bits per heavy atom. The second-order valence-corrected chi connectivity index (χ2v) is 5.34. The fourth-order valence-electron chi connectivity index (χ4n) is 2.95. The quantitative estimate of drug-likeness (QED) is 0.856. The molecular weight excluding hydrogens is 275 g/mol. The normalized spacial score (nSPS) is 25.4. The molecule has 21 heavy (non-hydrogen) atoms. The lowest BCUT2D eigenvalue weighted by atomic mass is 9.97. The van der Waals surface area contributed by atoms with E-state index >= 15 is 0 Å². The van der Waals surface area contributed by atoms with Crippen LogP contribution in [0, 0.1) is 11.7 Å². The Morgan fingerprint density at radius 1 is 1.24 bits per heavy atom. The molecule has 2 heterocycles. The second kappa shape index (κ2) is 5.44. The number of amides is 3. The van der Waals surface area contributed by atoms with Gasteiger partial charge in [0.15, 0.2) is 0 Å². The number of hydrogen-bond acceptors (Lipinski definition) is 3. The topological polar surface area (TPSA) is 49.9 Å². The number of nitrogens with zero attached hydrogens (tertiary/aromatic N) is 2. The zero-order valence-electron chi connectivity index (χ0n) is 11.8. The number of fused-ring (bicyclic) bond motifs is 1. The van der Waals surface area contributed by atoms with Crippen molar-refractivity contribution < 1.29 is 18.7 Å². The van der Waals surface area contributed by atoms with Crippen LogP contribution in [0.15, 0.2) is 24.3 Å². The highest BCUT2D eigenvalue weighted by Gasteiger charge is 2.49. The number of benzene rings is 1. The minimum absolute atomic E-state index is 0.179. The molecule has 0 aromatic heterocycles. The van der Waals surface area contributed by atoms with E-state index in [-0.39, 0.29) is 23.9 Å². The molecule has 2 saturated heterocycles. The fourth-order valence-corrected chi connectivity index (χ4v) is 2.95. The SMILES string of the molecule is CCCN1C(=O)N(c2ccc(F)cc2)C(=O)C2COCC21. The molecule has 1 aromatic rings. The van der Waals surface area contributed by atoms with Gasteiger partial charge in [-0.05, 0) is 30.7 Å². The molecule has 2 aliphatic rings. The number of rotatable bonds is 3. The van der Waals surface area contributed by atoms with E-state index in [1.807, 2.05) is 6.92 Å². The van der Waals surface area contributed by atoms with Gasteiger partial charge >= 0.3 is 6.03 Å². The molecule has 2 aliphatic heterocycles. The summed E-state index contributed by atoms with van der Waals surface area (Å²) in [5.74, 6) is -0.996. The Bertz CT molecular complexity index is 561. The number of anilines is 1. The smallest absolute Gasteiger partial charge is 0.331 e. The van der Waals surface area contributed by atoms with E-state index in [9.17, 15) is 14.0 Å². The van der Waals surface area contributed by atoms with Crippen LogP contribution >= 0.6 is 0 Å². The number of carbonyl (C=O) groups excluding carboxylic acids is 2. The minimum atomic E-state index is -0.400. The van der Waals surface area contributed by atoms with Gasteiger partial charge in [0.05, 0.1) is 30.9 Å². The summed E-state index contributed by atoms with van der Waals surface area (Å²) in [6, 6.07) is 4.87. The van der Waals surface area contributed by atoms with E-state index in [4.69, 9.17) is 4.74 Å². The number of ether oxygens (including phenoxy) is 1. The Balaban J connectivity index is 1.96. The van der Waals surface area contributed by atoms with Crippen molar-refractivity contribution in [3.8, 4) is 0 Å². The van der Waals surface area contributed by atoms with Gasteiger partial charge in [-0.2, -0.15) is 0 Å². The molecule has 0 bridgehead atoms. The predicted molar refractivity (Wildman–Crippen MR) is 74.4 cm³/mol. The molecule has 112 valence electrons. The lowest BCUT2D eigenvalue weighted by Gasteiger charge is -2.41. The number of carbonyl (C=O) groups is 2. The van der Waals surface area contributed by atoms with Crippen molar-refractivity contribution in [2.75, 3.05) is 24.7 Å². The van der Waals surface area contributed by atoms with Gasteiger partial charge in [-0.3, -0.25) is 4.79 Å². The van der Waals surface area contributed by atoms with Crippen LogP contribution in [0.2, 0.25) is 0 Å². The van der Waals surface area contributed by atoms with Crippen LogP contribution in [0.5, 0.6) is 0 Å². The largest absolute Gasteiger partial charge is 0.378 e. The molecule has 3 rings (SSSR count). The van der Waals surface area contributed by atoms with Gasteiger partial charge in [-0.1, -0.05) is 6.92 Å². The van der Waals surface area contributed by atoms with Gasteiger partial charge in [0.25, 0.3) is 0 Å². The average Bonchev–Trinajstić information content (AvgIpc) is 2.95. The first-order chi connectivity index (χ1) is 10.1. The molecule has 2 atom stereocenters. The molecule has 0 N–H and O–H groups in total. The Kier molecular flexibility index (Phi) is 3.63. The van der Waals surface area contributed by atoms with E-state index in [1.165, 1.54) is 24.3 Å². The highest BCUT2D eigenvalue weighted by atomic mass is 19.1. The maximum absolute atomic E-state index is 13.0. The van der Waals surface area contributed by atoms with E-state index in [2.05, 4.69) is 0 Å². The Labute approximate surface area is 122 Å². The number of imide groups is 1. The highest BCUT2D eigenvalue weighted by molar-refractivity contribution is 6.17. The summed E-state index contributed by atoms with van der Waals surface area (Å²) in [6.07, 6.45) is 0.806. The first-order valence-corrected chi connectivity index (χ1v) is 7.11. The molecule has 5 nitrogen and oxygen atoms in total. The van der Waals surface area contributed by atoms with Crippen LogP contribution < -0.4 is 4.90 Å². The van der Waals surface area contributed by atoms with Crippen LogP contribution in [0.4, 0.5) is 14.9 Å². The first-order valence-electron chi connectivity index (χ1n) is 7.11. The molecule has 0 radical (unpaired) electrons.